The van der Waals surface area contributed by atoms with Gasteiger partial charge in [-0.1, -0.05) is 36.7 Å². The molecule has 178 valence electrons. The highest BCUT2D eigenvalue weighted by atomic mass is 35.5. The molecule has 10 heteroatoms. The molecule has 33 heavy (non-hydrogen) atoms. The molecule has 1 N–H and O–H groups in total. The zero-order valence-electron chi connectivity index (χ0n) is 19.2. The van der Waals surface area contributed by atoms with Crippen LogP contribution >= 0.6 is 23.4 Å². The van der Waals surface area contributed by atoms with E-state index in [4.69, 9.17) is 16.3 Å². The third-order valence-corrected chi connectivity index (χ3v) is 6.44. The average molecular weight is 492 g/mol. The largest absolute Gasteiger partial charge is 0.497 e. The van der Waals surface area contributed by atoms with Gasteiger partial charge in [0.2, 0.25) is 5.91 Å². The number of carbonyl (C=O) groups excluding carboxylic acids is 2. The molecule has 1 unspecified atom stereocenters. The van der Waals surface area contributed by atoms with Crippen molar-refractivity contribution in [1.82, 2.24) is 20.2 Å². The number of carbonyl (C=O) groups is 2. The number of anilines is 1. The van der Waals surface area contributed by atoms with Gasteiger partial charge < -0.3 is 19.9 Å². The molecule has 8 nitrogen and oxygen atoms in total. The number of aromatic nitrogens is 2. The minimum absolute atomic E-state index is 0.00384. The zero-order chi connectivity index (χ0) is 23.8. The second-order valence-electron chi connectivity index (χ2n) is 7.85. The summed E-state index contributed by atoms with van der Waals surface area (Å²) in [7, 11) is 1.60. The number of nitrogens with one attached hydrogen (secondary N) is 1. The Labute approximate surface area is 204 Å². The molecule has 0 saturated carbocycles. The van der Waals surface area contributed by atoms with Gasteiger partial charge in [-0.3, -0.25) is 9.59 Å². The van der Waals surface area contributed by atoms with Crippen LogP contribution in [0.15, 0.2) is 35.5 Å². The van der Waals surface area contributed by atoms with Gasteiger partial charge in [-0.25, -0.2) is 9.97 Å². The van der Waals surface area contributed by atoms with Crippen molar-refractivity contribution in [2.45, 2.75) is 37.9 Å². The van der Waals surface area contributed by atoms with Crippen LogP contribution in [0.2, 0.25) is 5.15 Å². The molecule has 1 aromatic carbocycles. The summed E-state index contributed by atoms with van der Waals surface area (Å²) in [4.78, 5) is 37.8. The number of thioether (sulfide) groups is 1. The molecule has 2 aromatic rings. The number of nitrogens with zero attached hydrogens (tertiary/aromatic N) is 4. The topological polar surface area (TPSA) is 87.7 Å². The SMILES string of the molecule is CCCCNC(=O)CSc1nc(Cl)cc(N2CCN(C(=O)c3ccc(OC)cc3)C(C)C2)n1. The predicted octanol–water partition coefficient (Wildman–Crippen LogP) is 3.50. The van der Waals surface area contributed by atoms with Gasteiger partial charge in [0.1, 0.15) is 16.7 Å². The molecular formula is C23H30ClN5O3S. The Morgan fingerprint density at radius 3 is 2.67 bits per heavy atom. The number of hydrogen-bond donors (Lipinski definition) is 1. The van der Waals surface area contributed by atoms with Crippen molar-refractivity contribution in [3.63, 3.8) is 0 Å². The zero-order valence-corrected chi connectivity index (χ0v) is 20.8. The monoisotopic (exact) mass is 491 g/mol. The summed E-state index contributed by atoms with van der Waals surface area (Å²) in [6.45, 7) is 6.59. The second-order valence-corrected chi connectivity index (χ2v) is 9.18. The van der Waals surface area contributed by atoms with Gasteiger partial charge in [0.25, 0.3) is 5.91 Å². The fourth-order valence-corrected chi connectivity index (χ4v) is 4.48. The fraction of sp³-hybridized carbons (Fsp3) is 0.478. The summed E-state index contributed by atoms with van der Waals surface area (Å²) in [6.07, 6.45) is 1.99. The van der Waals surface area contributed by atoms with Crippen LogP contribution < -0.4 is 15.0 Å². The molecule has 3 rings (SSSR count). The van der Waals surface area contributed by atoms with E-state index in [-0.39, 0.29) is 23.6 Å². The number of unbranched alkanes of at least 4 members (excludes halogenated alkanes) is 1. The molecule has 2 amide bonds. The maximum Gasteiger partial charge on any atom is 0.254 e. The molecule has 0 spiro atoms. The lowest BCUT2D eigenvalue weighted by Crippen LogP contribution is -2.54. The van der Waals surface area contributed by atoms with E-state index in [2.05, 4.69) is 27.1 Å². The van der Waals surface area contributed by atoms with E-state index in [1.165, 1.54) is 11.8 Å². The predicted molar refractivity (Wildman–Crippen MR) is 131 cm³/mol. The van der Waals surface area contributed by atoms with Crippen LogP contribution in [-0.2, 0) is 4.79 Å². The first-order valence-electron chi connectivity index (χ1n) is 11.0. The number of amides is 2. The third-order valence-electron chi connectivity index (χ3n) is 5.40. The molecule has 1 aromatic heterocycles. The lowest BCUT2D eigenvalue weighted by atomic mass is 10.1. The number of benzene rings is 1. The van der Waals surface area contributed by atoms with Crippen molar-refractivity contribution in [3.8, 4) is 5.75 Å². The van der Waals surface area contributed by atoms with Crippen molar-refractivity contribution < 1.29 is 14.3 Å². The maximum absolute atomic E-state index is 13.0. The molecule has 0 aliphatic carbocycles. The molecule has 1 aliphatic heterocycles. The van der Waals surface area contributed by atoms with Gasteiger partial charge in [-0.15, -0.1) is 0 Å². The molecular weight excluding hydrogens is 462 g/mol. The lowest BCUT2D eigenvalue weighted by molar-refractivity contribution is -0.118. The van der Waals surface area contributed by atoms with Gasteiger partial charge in [-0.2, -0.15) is 0 Å². The molecule has 1 saturated heterocycles. The Hall–Kier alpha value is -2.52. The number of ether oxygens (including phenoxy) is 1. The number of methoxy groups -OCH3 is 1. The summed E-state index contributed by atoms with van der Waals surface area (Å²) < 4.78 is 5.17. The Morgan fingerprint density at radius 2 is 2.00 bits per heavy atom. The molecule has 1 fully saturated rings. The van der Waals surface area contributed by atoms with Crippen molar-refractivity contribution in [3.05, 3.63) is 41.0 Å². The van der Waals surface area contributed by atoms with Crippen molar-refractivity contribution in [1.29, 1.82) is 0 Å². The van der Waals surface area contributed by atoms with Gasteiger partial charge in [-0.05, 0) is 37.6 Å². The number of hydrogen-bond acceptors (Lipinski definition) is 7. The van der Waals surface area contributed by atoms with E-state index in [0.29, 0.717) is 47.9 Å². The van der Waals surface area contributed by atoms with E-state index in [1.54, 1.807) is 37.4 Å². The normalized spacial score (nSPS) is 15.9. The summed E-state index contributed by atoms with van der Waals surface area (Å²) in [5.41, 5.74) is 0.636. The molecule has 1 aliphatic rings. The smallest absolute Gasteiger partial charge is 0.254 e. The van der Waals surface area contributed by atoms with E-state index in [9.17, 15) is 9.59 Å². The van der Waals surface area contributed by atoms with E-state index < -0.39 is 0 Å². The molecule has 2 heterocycles. The Balaban J connectivity index is 1.60. The van der Waals surface area contributed by atoms with Crippen LogP contribution in [-0.4, -0.2) is 71.8 Å². The highest BCUT2D eigenvalue weighted by molar-refractivity contribution is 7.99. The minimum atomic E-state index is -0.0437. The Bertz CT molecular complexity index is 960. The average Bonchev–Trinajstić information content (AvgIpc) is 2.82. The van der Waals surface area contributed by atoms with Crippen molar-refractivity contribution >= 4 is 41.0 Å². The highest BCUT2D eigenvalue weighted by Gasteiger charge is 2.29. The van der Waals surface area contributed by atoms with Gasteiger partial charge in [0.15, 0.2) is 5.16 Å². The van der Waals surface area contributed by atoms with Crippen LogP contribution in [0, 0.1) is 0 Å². The van der Waals surface area contributed by atoms with E-state index in [0.717, 1.165) is 18.6 Å². The summed E-state index contributed by atoms with van der Waals surface area (Å²) >= 11 is 7.51. The van der Waals surface area contributed by atoms with Crippen molar-refractivity contribution in [2.24, 2.45) is 0 Å². The highest BCUT2D eigenvalue weighted by Crippen LogP contribution is 2.25. The Morgan fingerprint density at radius 1 is 1.24 bits per heavy atom. The number of halogens is 1. The van der Waals surface area contributed by atoms with Gasteiger partial charge >= 0.3 is 0 Å². The molecule has 1 atom stereocenters. The van der Waals surface area contributed by atoms with E-state index in [1.807, 2.05) is 11.8 Å². The van der Waals surface area contributed by atoms with Crippen LogP contribution in [0.25, 0.3) is 0 Å². The van der Waals surface area contributed by atoms with Crippen LogP contribution in [0.1, 0.15) is 37.0 Å². The first-order valence-corrected chi connectivity index (χ1v) is 12.4. The second kappa shape index (κ2) is 12.1. The summed E-state index contributed by atoms with van der Waals surface area (Å²) in [5, 5.41) is 3.68. The quantitative estimate of drug-likeness (QED) is 0.248. The minimum Gasteiger partial charge on any atom is -0.497 e. The van der Waals surface area contributed by atoms with Crippen LogP contribution in [0.4, 0.5) is 5.82 Å². The fourth-order valence-electron chi connectivity index (χ4n) is 3.56. The van der Waals surface area contributed by atoms with Crippen LogP contribution in [0.5, 0.6) is 5.75 Å². The number of piperazine rings is 1. The first kappa shape index (κ1) is 25.1. The lowest BCUT2D eigenvalue weighted by Gasteiger charge is -2.40. The summed E-state index contributed by atoms with van der Waals surface area (Å²) in [6, 6.07) is 8.86. The number of rotatable bonds is 9. The third kappa shape index (κ3) is 6.98. The first-order chi connectivity index (χ1) is 15.9. The van der Waals surface area contributed by atoms with Gasteiger partial charge in [0, 0.05) is 43.9 Å². The Kier molecular flexibility index (Phi) is 9.20. The molecule has 0 bridgehead atoms. The van der Waals surface area contributed by atoms with Crippen molar-refractivity contribution in [2.75, 3.05) is 43.9 Å². The summed E-state index contributed by atoms with van der Waals surface area (Å²) in [5.74, 6) is 1.61. The van der Waals surface area contributed by atoms with E-state index >= 15 is 0 Å². The molecule has 0 radical (unpaired) electrons. The van der Waals surface area contributed by atoms with Gasteiger partial charge in [0.05, 0.1) is 12.9 Å². The van der Waals surface area contributed by atoms with Crippen LogP contribution in [0.3, 0.4) is 0 Å². The maximum atomic E-state index is 13.0. The standard InChI is InChI=1S/C23H30ClN5O3S/c1-4-5-10-25-21(30)15-33-23-26-19(24)13-20(27-23)28-11-12-29(16(2)14-28)22(31)17-6-8-18(32-3)9-7-17/h6-9,13,16H,4-5,10-12,14-15H2,1-3H3,(H,25,30).